The van der Waals surface area contributed by atoms with Gasteiger partial charge in [-0.3, -0.25) is 4.79 Å². The Morgan fingerprint density at radius 1 is 1.23 bits per heavy atom. The molecule has 6 nitrogen and oxygen atoms in total. The van der Waals surface area contributed by atoms with Crippen LogP contribution in [0.5, 0.6) is 11.5 Å². The molecule has 1 aromatic carbocycles. The molecule has 1 unspecified atom stereocenters. The maximum atomic E-state index is 12.6. The van der Waals surface area contributed by atoms with Crippen LogP contribution in [0, 0.1) is 0 Å². The molecule has 1 atom stereocenters. The molecular formula is C17H16F3N3O3. The van der Waals surface area contributed by atoms with Gasteiger partial charge in [0.1, 0.15) is 23.4 Å². The van der Waals surface area contributed by atoms with Crippen LogP contribution in [-0.2, 0) is 4.79 Å². The number of nitrogens with one attached hydrogen (secondary N) is 1. The number of anilines is 2. The van der Waals surface area contributed by atoms with E-state index < -0.39 is 18.2 Å². The van der Waals surface area contributed by atoms with Crippen molar-refractivity contribution < 1.29 is 27.4 Å². The van der Waals surface area contributed by atoms with E-state index in [9.17, 15) is 18.0 Å². The molecule has 0 aliphatic carbocycles. The minimum absolute atomic E-state index is 0.160. The first kappa shape index (κ1) is 17.8. The van der Waals surface area contributed by atoms with Crippen molar-refractivity contribution >= 4 is 17.4 Å². The summed E-state index contributed by atoms with van der Waals surface area (Å²) in [4.78, 5) is 18.1. The largest absolute Gasteiger partial charge is 0.573 e. The minimum atomic E-state index is -4.77. The third-order valence-corrected chi connectivity index (χ3v) is 3.87. The van der Waals surface area contributed by atoms with Crippen molar-refractivity contribution in [3.8, 4) is 11.5 Å². The Hall–Kier alpha value is -2.97. The molecule has 1 aliphatic rings. The molecule has 9 heteroatoms. The zero-order valence-corrected chi connectivity index (χ0v) is 13.8. The summed E-state index contributed by atoms with van der Waals surface area (Å²) in [6.07, 6.45) is -3.29. The summed E-state index contributed by atoms with van der Waals surface area (Å²) >= 11 is 0. The fourth-order valence-corrected chi connectivity index (χ4v) is 2.74. The Balaban J connectivity index is 1.67. The molecule has 0 saturated carbocycles. The van der Waals surface area contributed by atoms with E-state index in [1.807, 2.05) is 12.1 Å². The first-order chi connectivity index (χ1) is 12.4. The van der Waals surface area contributed by atoms with Crippen LogP contribution in [0.1, 0.15) is 6.42 Å². The smallest absolute Gasteiger partial charge is 0.495 e. The second kappa shape index (κ2) is 7.11. The first-order valence-corrected chi connectivity index (χ1v) is 7.80. The highest BCUT2D eigenvalue weighted by atomic mass is 19.4. The summed E-state index contributed by atoms with van der Waals surface area (Å²) < 4.78 is 45.5. The number of benzene rings is 1. The molecule has 0 spiro atoms. The van der Waals surface area contributed by atoms with Crippen LogP contribution >= 0.6 is 0 Å². The molecule has 1 amide bonds. The van der Waals surface area contributed by atoms with Gasteiger partial charge in [0.25, 0.3) is 0 Å². The van der Waals surface area contributed by atoms with Crippen LogP contribution in [0.2, 0.25) is 0 Å². The van der Waals surface area contributed by atoms with Crippen LogP contribution in [-0.4, -0.2) is 36.9 Å². The molecule has 138 valence electrons. The highest BCUT2D eigenvalue weighted by Crippen LogP contribution is 2.31. The number of carbonyl (C=O) groups is 1. The second-order valence-corrected chi connectivity index (χ2v) is 5.57. The molecular weight excluding hydrogens is 351 g/mol. The van der Waals surface area contributed by atoms with E-state index in [2.05, 4.69) is 15.0 Å². The second-order valence-electron chi connectivity index (χ2n) is 5.57. The molecule has 1 saturated heterocycles. The van der Waals surface area contributed by atoms with Gasteiger partial charge in [-0.05, 0) is 30.7 Å². The van der Waals surface area contributed by atoms with Gasteiger partial charge in [-0.1, -0.05) is 12.1 Å². The number of alkyl halides is 3. The van der Waals surface area contributed by atoms with Gasteiger partial charge in [-0.25, -0.2) is 4.98 Å². The van der Waals surface area contributed by atoms with Gasteiger partial charge < -0.3 is 19.7 Å². The van der Waals surface area contributed by atoms with Crippen LogP contribution in [0.25, 0.3) is 0 Å². The topological polar surface area (TPSA) is 63.7 Å². The molecule has 2 heterocycles. The molecule has 1 aromatic heterocycles. The highest BCUT2D eigenvalue weighted by Gasteiger charge is 2.34. The molecule has 0 radical (unpaired) electrons. The number of carbonyl (C=O) groups excluding carboxylic acids is 1. The first-order valence-electron chi connectivity index (χ1n) is 7.80. The van der Waals surface area contributed by atoms with Crippen molar-refractivity contribution in [2.75, 3.05) is 23.9 Å². The number of aromatic nitrogens is 1. The van der Waals surface area contributed by atoms with Gasteiger partial charge in [0.15, 0.2) is 0 Å². The summed E-state index contributed by atoms with van der Waals surface area (Å²) in [6, 6.07) is 9.13. The summed E-state index contributed by atoms with van der Waals surface area (Å²) in [7, 11) is 1.53. The molecule has 1 N–H and O–H groups in total. The van der Waals surface area contributed by atoms with Crippen LogP contribution in [0.3, 0.4) is 0 Å². The van der Waals surface area contributed by atoms with E-state index >= 15 is 0 Å². The van der Waals surface area contributed by atoms with Crippen LogP contribution < -0.4 is 19.7 Å². The molecule has 26 heavy (non-hydrogen) atoms. The van der Waals surface area contributed by atoms with Crippen molar-refractivity contribution in [2.45, 2.75) is 18.8 Å². The van der Waals surface area contributed by atoms with Crippen LogP contribution in [0.4, 0.5) is 24.7 Å². The summed E-state index contributed by atoms with van der Waals surface area (Å²) in [6.45, 7) is 0.492. The number of methoxy groups -OCH3 is 1. The van der Waals surface area contributed by atoms with Gasteiger partial charge in [0.2, 0.25) is 5.91 Å². The summed E-state index contributed by atoms with van der Waals surface area (Å²) in [5, 5.41) is 2.94. The monoisotopic (exact) mass is 367 g/mol. The predicted molar refractivity (Wildman–Crippen MR) is 88.3 cm³/mol. The Morgan fingerprint density at radius 2 is 2.00 bits per heavy atom. The summed E-state index contributed by atoms with van der Waals surface area (Å²) in [5.41, 5.74) is 0.672. The lowest BCUT2D eigenvalue weighted by Gasteiger charge is -2.20. The zero-order valence-electron chi connectivity index (χ0n) is 13.8. The minimum Gasteiger partial charge on any atom is -0.495 e. The third kappa shape index (κ3) is 3.98. The molecule has 0 bridgehead atoms. The zero-order chi connectivity index (χ0) is 18.7. The fraction of sp³-hybridized carbons (Fsp3) is 0.294. The Kier molecular flexibility index (Phi) is 4.88. The standard InChI is InChI=1S/C17H16F3N3O3/c1-25-14-5-3-2-4-13(14)23-9-8-12(16(23)24)22-15-7-6-11(10-21-15)26-17(18,19)20/h2-7,10,12H,8-9H2,1H3,(H,21,22). The number of pyridine rings is 1. The Bertz CT molecular complexity index is 781. The molecule has 3 rings (SSSR count). The number of para-hydroxylation sites is 2. The average molecular weight is 367 g/mol. The van der Waals surface area contributed by atoms with E-state index in [-0.39, 0.29) is 5.91 Å². The highest BCUT2D eigenvalue weighted by molar-refractivity contribution is 6.02. The lowest BCUT2D eigenvalue weighted by molar-refractivity contribution is -0.274. The van der Waals surface area contributed by atoms with Crippen molar-refractivity contribution in [2.24, 2.45) is 0 Å². The van der Waals surface area contributed by atoms with E-state index in [1.165, 1.54) is 13.2 Å². The van der Waals surface area contributed by atoms with Crippen molar-refractivity contribution in [1.82, 2.24) is 4.98 Å². The number of nitrogens with zero attached hydrogens (tertiary/aromatic N) is 2. The number of hydrogen-bond donors (Lipinski definition) is 1. The SMILES string of the molecule is COc1ccccc1N1CCC(Nc2ccc(OC(F)(F)F)cn2)C1=O. The van der Waals surface area contributed by atoms with E-state index in [1.54, 1.807) is 17.0 Å². The average Bonchev–Trinajstić information content (AvgIpc) is 2.96. The van der Waals surface area contributed by atoms with Crippen LogP contribution in [0.15, 0.2) is 42.6 Å². The lowest BCUT2D eigenvalue weighted by atomic mass is 10.2. The van der Waals surface area contributed by atoms with Crippen molar-refractivity contribution in [3.63, 3.8) is 0 Å². The van der Waals surface area contributed by atoms with Crippen molar-refractivity contribution in [1.29, 1.82) is 0 Å². The molecule has 1 aliphatic heterocycles. The molecule has 2 aromatic rings. The quantitative estimate of drug-likeness (QED) is 0.879. The number of hydrogen-bond acceptors (Lipinski definition) is 5. The number of amides is 1. The van der Waals surface area contributed by atoms with Gasteiger partial charge in [-0.15, -0.1) is 13.2 Å². The maximum Gasteiger partial charge on any atom is 0.573 e. The number of ether oxygens (including phenoxy) is 2. The van der Waals surface area contributed by atoms with Gasteiger partial charge in [0, 0.05) is 6.54 Å². The van der Waals surface area contributed by atoms with Gasteiger partial charge >= 0.3 is 6.36 Å². The Labute approximate surface area is 147 Å². The summed E-state index contributed by atoms with van der Waals surface area (Å²) in [5.74, 6) is 0.302. The number of halogens is 3. The lowest BCUT2D eigenvalue weighted by Crippen LogP contribution is -2.33. The third-order valence-electron chi connectivity index (χ3n) is 3.87. The fourth-order valence-electron chi connectivity index (χ4n) is 2.74. The molecule has 1 fully saturated rings. The van der Waals surface area contributed by atoms with Gasteiger partial charge in [-0.2, -0.15) is 0 Å². The normalized spacial score (nSPS) is 17.3. The van der Waals surface area contributed by atoms with Crippen molar-refractivity contribution in [3.05, 3.63) is 42.6 Å². The number of rotatable bonds is 5. The van der Waals surface area contributed by atoms with Gasteiger partial charge in [0.05, 0.1) is 19.0 Å². The maximum absolute atomic E-state index is 12.6. The van der Waals surface area contributed by atoms with E-state index in [0.29, 0.717) is 30.2 Å². The Morgan fingerprint density at radius 3 is 2.65 bits per heavy atom. The van der Waals surface area contributed by atoms with E-state index in [0.717, 1.165) is 12.3 Å². The predicted octanol–water partition coefficient (Wildman–Crippen LogP) is 3.21. The van der Waals surface area contributed by atoms with E-state index in [4.69, 9.17) is 4.74 Å².